The Bertz CT molecular complexity index is 441. The minimum absolute atomic E-state index is 0.175. The molecule has 1 amide bonds. The highest BCUT2D eigenvalue weighted by Gasteiger charge is 2.35. The number of ether oxygens (including phenoxy) is 1. The topological polar surface area (TPSA) is 38.3 Å². The van der Waals surface area contributed by atoms with Gasteiger partial charge in [0, 0.05) is 5.56 Å². The molecule has 17 heavy (non-hydrogen) atoms. The highest BCUT2D eigenvalue weighted by Crippen LogP contribution is 2.17. The number of halogens is 1. The zero-order valence-corrected chi connectivity index (χ0v) is 10.0. The summed E-state index contributed by atoms with van der Waals surface area (Å²) in [7, 11) is 0. The Kier molecular flexibility index (Phi) is 3.15. The molecule has 1 N–H and O–H groups in total. The van der Waals surface area contributed by atoms with E-state index >= 15 is 0 Å². The van der Waals surface area contributed by atoms with Gasteiger partial charge in [0.15, 0.2) is 0 Å². The van der Waals surface area contributed by atoms with Crippen molar-refractivity contribution in [2.24, 2.45) is 0 Å². The van der Waals surface area contributed by atoms with E-state index in [-0.39, 0.29) is 17.3 Å². The summed E-state index contributed by atoms with van der Waals surface area (Å²) in [6, 6.07) is 4.45. The van der Waals surface area contributed by atoms with Crippen molar-refractivity contribution >= 4 is 5.91 Å². The van der Waals surface area contributed by atoms with Crippen LogP contribution in [-0.4, -0.2) is 24.7 Å². The fourth-order valence-corrected chi connectivity index (χ4v) is 1.81. The van der Waals surface area contributed by atoms with Crippen molar-refractivity contribution < 1.29 is 13.9 Å². The monoisotopic (exact) mass is 237 g/mol. The fourth-order valence-electron chi connectivity index (χ4n) is 1.81. The molecule has 1 aromatic carbocycles. The third kappa shape index (κ3) is 2.47. The van der Waals surface area contributed by atoms with E-state index in [1.165, 1.54) is 12.1 Å². The second-order valence-corrected chi connectivity index (χ2v) is 4.67. The normalized spacial score (nSPS) is 17.4. The number of rotatable bonds is 3. The van der Waals surface area contributed by atoms with Crippen LogP contribution in [0.25, 0.3) is 0 Å². The fraction of sp³-hybridized carbons (Fsp3) is 0.462. The van der Waals surface area contributed by atoms with E-state index < -0.39 is 0 Å². The van der Waals surface area contributed by atoms with Crippen molar-refractivity contribution in [1.29, 1.82) is 0 Å². The van der Waals surface area contributed by atoms with E-state index in [1.807, 2.05) is 13.8 Å². The van der Waals surface area contributed by atoms with Crippen molar-refractivity contribution in [3.63, 3.8) is 0 Å². The first kappa shape index (κ1) is 12.0. The van der Waals surface area contributed by atoms with Gasteiger partial charge in [-0.25, -0.2) is 4.39 Å². The lowest BCUT2D eigenvalue weighted by Crippen LogP contribution is -2.59. The summed E-state index contributed by atoms with van der Waals surface area (Å²) in [5, 5.41) is 2.89. The van der Waals surface area contributed by atoms with Crippen molar-refractivity contribution in [3.05, 3.63) is 35.1 Å². The Hall–Kier alpha value is -1.42. The zero-order valence-electron chi connectivity index (χ0n) is 10.0. The van der Waals surface area contributed by atoms with Gasteiger partial charge in [-0.1, -0.05) is 6.92 Å². The molecule has 0 aromatic heterocycles. The molecule has 0 unspecified atom stereocenters. The van der Waals surface area contributed by atoms with E-state index in [1.54, 1.807) is 6.07 Å². The first-order valence-corrected chi connectivity index (χ1v) is 5.73. The molecule has 2 rings (SSSR count). The summed E-state index contributed by atoms with van der Waals surface area (Å²) in [5.74, 6) is -0.437. The second-order valence-electron chi connectivity index (χ2n) is 4.67. The number of amides is 1. The molecule has 1 aliphatic heterocycles. The van der Waals surface area contributed by atoms with E-state index in [4.69, 9.17) is 4.74 Å². The van der Waals surface area contributed by atoms with Crippen LogP contribution in [0.3, 0.4) is 0 Å². The van der Waals surface area contributed by atoms with Crippen molar-refractivity contribution in [3.8, 4) is 0 Å². The molecule has 1 fully saturated rings. The average Bonchev–Trinajstić information content (AvgIpc) is 2.27. The van der Waals surface area contributed by atoms with Crippen LogP contribution < -0.4 is 5.32 Å². The Balaban J connectivity index is 2.13. The summed E-state index contributed by atoms with van der Waals surface area (Å²) in [6.45, 7) is 4.85. The molecule has 0 aliphatic carbocycles. The van der Waals surface area contributed by atoms with E-state index in [2.05, 4.69) is 5.32 Å². The van der Waals surface area contributed by atoms with Gasteiger partial charge in [0.05, 0.1) is 18.8 Å². The van der Waals surface area contributed by atoms with E-state index in [9.17, 15) is 9.18 Å². The quantitative estimate of drug-likeness (QED) is 0.872. The van der Waals surface area contributed by atoms with Gasteiger partial charge in [-0.05, 0) is 37.1 Å². The highest BCUT2D eigenvalue weighted by molar-refractivity contribution is 5.95. The maximum absolute atomic E-state index is 13.3. The van der Waals surface area contributed by atoms with Gasteiger partial charge in [-0.3, -0.25) is 4.79 Å². The van der Waals surface area contributed by atoms with Crippen LogP contribution in [0.4, 0.5) is 4.39 Å². The van der Waals surface area contributed by atoms with Crippen LogP contribution in [0.2, 0.25) is 0 Å². The van der Waals surface area contributed by atoms with Crippen molar-refractivity contribution in [2.75, 3.05) is 13.2 Å². The standard InChI is InChI=1S/C13H16FNO2/c1-3-9-6-10(4-5-11(9)14)12(16)15-13(2)7-17-8-13/h4-6H,3,7-8H2,1-2H3,(H,15,16). The number of aryl methyl sites for hydroxylation is 1. The second kappa shape index (κ2) is 4.45. The van der Waals surface area contributed by atoms with Crippen LogP contribution >= 0.6 is 0 Å². The van der Waals surface area contributed by atoms with Gasteiger partial charge in [0.2, 0.25) is 0 Å². The predicted molar refractivity (Wildman–Crippen MR) is 62.5 cm³/mol. The van der Waals surface area contributed by atoms with Crippen LogP contribution in [0.15, 0.2) is 18.2 Å². The Morgan fingerprint density at radius 1 is 1.53 bits per heavy atom. The van der Waals surface area contributed by atoms with E-state index in [0.29, 0.717) is 30.8 Å². The molecular formula is C13H16FNO2. The summed E-state index contributed by atoms with van der Waals surface area (Å²) in [4.78, 5) is 11.9. The third-order valence-corrected chi connectivity index (χ3v) is 2.95. The summed E-state index contributed by atoms with van der Waals surface area (Å²) in [6.07, 6.45) is 0.577. The Morgan fingerprint density at radius 3 is 2.76 bits per heavy atom. The average molecular weight is 237 g/mol. The van der Waals surface area contributed by atoms with Crippen LogP contribution in [0.5, 0.6) is 0 Å². The molecule has 1 aliphatic rings. The number of hydrogen-bond acceptors (Lipinski definition) is 2. The Morgan fingerprint density at radius 2 is 2.24 bits per heavy atom. The molecule has 92 valence electrons. The summed E-state index contributed by atoms with van der Waals surface area (Å²) in [5.41, 5.74) is 0.779. The molecule has 4 heteroatoms. The van der Waals surface area contributed by atoms with Gasteiger partial charge in [-0.15, -0.1) is 0 Å². The van der Waals surface area contributed by atoms with Gasteiger partial charge < -0.3 is 10.1 Å². The maximum atomic E-state index is 13.3. The van der Waals surface area contributed by atoms with Gasteiger partial charge in [0.1, 0.15) is 5.82 Å². The van der Waals surface area contributed by atoms with E-state index in [0.717, 1.165) is 0 Å². The lowest BCUT2D eigenvalue weighted by molar-refractivity contribution is -0.0593. The van der Waals surface area contributed by atoms with Crippen LogP contribution in [0, 0.1) is 5.82 Å². The molecule has 1 aromatic rings. The molecule has 0 saturated carbocycles. The van der Waals surface area contributed by atoms with Gasteiger partial charge in [-0.2, -0.15) is 0 Å². The van der Waals surface area contributed by atoms with Gasteiger partial charge in [0.25, 0.3) is 5.91 Å². The molecule has 3 nitrogen and oxygen atoms in total. The maximum Gasteiger partial charge on any atom is 0.251 e. The number of carbonyl (C=O) groups is 1. The first-order valence-electron chi connectivity index (χ1n) is 5.73. The first-order chi connectivity index (χ1) is 8.04. The van der Waals surface area contributed by atoms with Crippen LogP contribution in [0.1, 0.15) is 29.8 Å². The lowest BCUT2D eigenvalue weighted by Gasteiger charge is -2.38. The lowest BCUT2D eigenvalue weighted by atomic mass is 9.99. The molecule has 1 saturated heterocycles. The molecule has 0 bridgehead atoms. The molecule has 0 spiro atoms. The molecule has 1 heterocycles. The van der Waals surface area contributed by atoms with Crippen molar-refractivity contribution in [1.82, 2.24) is 5.32 Å². The van der Waals surface area contributed by atoms with Crippen molar-refractivity contribution in [2.45, 2.75) is 25.8 Å². The smallest absolute Gasteiger partial charge is 0.251 e. The van der Waals surface area contributed by atoms with Gasteiger partial charge >= 0.3 is 0 Å². The summed E-state index contributed by atoms with van der Waals surface area (Å²) >= 11 is 0. The highest BCUT2D eigenvalue weighted by atomic mass is 19.1. The third-order valence-electron chi connectivity index (χ3n) is 2.95. The molecule has 0 atom stereocenters. The number of nitrogens with one attached hydrogen (secondary N) is 1. The predicted octanol–water partition coefficient (Wildman–Crippen LogP) is 1.91. The van der Waals surface area contributed by atoms with Crippen LogP contribution in [-0.2, 0) is 11.2 Å². The minimum atomic E-state index is -0.280. The largest absolute Gasteiger partial charge is 0.376 e. The Labute approximate surface area is 100.0 Å². The zero-order chi connectivity index (χ0) is 12.5. The molecular weight excluding hydrogens is 221 g/mol. The molecule has 0 radical (unpaired) electrons. The number of carbonyl (C=O) groups excluding carboxylic acids is 1. The number of benzene rings is 1. The SMILES string of the molecule is CCc1cc(C(=O)NC2(C)COC2)ccc1F. The number of hydrogen-bond donors (Lipinski definition) is 1. The summed E-state index contributed by atoms with van der Waals surface area (Å²) < 4.78 is 18.4. The minimum Gasteiger partial charge on any atom is -0.376 e.